The first-order chi connectivity index (χ1) is 20.4. The number of hydrogen-bond acceptors (Lipinski definition) is 6. The van der Waals surface area contributed by atoms with Gasteiger partial charge in [0.05, 0.1) is 34.9 Å². The number of rotatable bonds is 13. The van der Waals surface area contributed by atoms with Crippen molar-refractivity contribution in [2.24, 2.45) is 0 Å². The second-order valence-electron chi connectivity index (χ2n) is 9.61. The number of nitrogens with one attached hydrogen (secondary N) is 1. The molecule has 2 amide bonds. The van der Waals surface area contributed by atoms with Gasteiger partial charge in [0, 0.05) is 13.1 Å². The molecule has 8 heteroatoms. The molecule has 0 fully saturated rings. The van der Waals surface area contributed by atoms with Crippen molar-refractivity contribution in [1.82, 2.24) is 10.2 Å². The summed E-state index contributed by atoms with van der Waals surface area (Å²) in [6, 6.07) is 28.8. The smallest absolute Gasteiger partial charge is 0.247 e. The van der Waals surface area contributed by atoms with Gasteiger partial charge in [-0.15, -0.1) is 0 Å². The Balaban J connectivity index is 1.67. The molecule has 0 aromatic heterocycles. The number of amides is 2. The van der Waals surface area contributed by atoms with Crippen molar-refractivity contribution >= 4 is 11.8 Å². The Morgan fingerprint density at radius 3 is 1.81 bits per heavy atom. The molecule has 0 saturated heterocycles. The molecule has 0 spiro atoms. The molecule has 1 atom stereocenters. The fourth-order valence-electron chi connectivity index (χ4n) is 4.66. The van der Waals surface area contributed by atoms with Gasteiger partial charge in [-0.2, -0.15) is 0 Å². The highest BCUT2D eigenvalue weighted by Gasteiger charge is 2.31. The Kier molecular flexibility index (Phi) is 10.4. The molecular formula is C34H36N2O6. The van der Waals surface area contributed by atoms with E-state index in [-0.39, 0.29) is 24.8 Å². The summed E-state index contributed by atoms with van der Waals surface area (Å²) >= 11 is 0. The summed E-state index contributed by atoms with van der Waals surface area (Å²) in [7, 11) is 6.33. The molecule has 0 aliphatic carbocycles. The minimum Gasteiger partial charge on any atom is -0.497 e. The Bertz CT molecular complexity index is 1460. The summed E-state index contributed by atoms with van der Waals surface area (Å²) < 4.78 is 21.4. The number of benzene rings is 4. The number of carbonyl (C=O) groups excluding carboxylic acids is 2. The molecule has 4 aromatic rings. The topological polar surface area (TPSA) is 86.3 Å². The number of methoxy groups -OCH3 is 4. The standard InChI is InChI=1S/C34H36N2O6/c1-39-28-15-10-24(11-16-28)22-35-34(38)33(27-8-6-5-7-9-27)36(23-25-12-17-29(40-2)18-13-25)32(37)21-26-14-19-30(41-3)31(20-26)42-4/h5-20,33H,21-23H2,1-4H3,(H,35,38). The monoisotopic (exact) mass is 568 g/mol. The van der Waals surface area contributed by atoms with E-state index in [4.69, 9.17) is 18.9 Å². The van der Waals surface area contributed by atoms with Crippen LogP contribution in [-0.4, -0.2) is 45.2 Å². The largest absolute Gasteiger partial charge is 0.497 e. The van der Waals surface area contributed by atoms with Gasteiger partial charge in [0.2, 0.25) is 11.8 Å². The minimum absolute atomic E-state index is 0.0611. The summed E-state index contributed by atoms with van der Waals surface area (Å²) in [4.78, 5) is 29.6. The van der Waals surface area contributed by atoms with E-state index >= 15 is 0 Å². The second kappa shape index (κ2) is 14.6. The fraction of sp³-hybridized carbons (Fsp3) is 0.235. The van der Waals surface area contributed by atoms with Crippen LogP contribution in [0, 0.1) is 0 Å². The van der Waals surface area contributed by atoms with Crippen LogP contribution < -0.4 is 24.3 Å². The van der Waals surface area contributed by atoms with Crippen molar-refractivity contribution in [3.8, 4) is 23.0 Å². The lowest BCUT2D eigenvalue weighted by atomic mass is 10.0. The number of hydrogen-bond donors (Lipinski definition) is 1. The third-order valence-corrected chi connectivity index (χ3v) is 6.94. The summed E-state index contributed by atoms with van der Waals surface area (Å²) in [6.07, 6.45) is 0.0611. The van der Waals surface area contributed by atoms with Gasteiger partial charge in [0.1, 0.15) is 17.5 Å². The first-order valence-corrected chi connectivity index (χ1v) is 13.5. The zero-order valence-corrected chi connectivity index (χ0v) is 24.3. The quantitative estimate of drug-likeness (QED) is 0.234. The maximum Gasteiger partial charge on any atom is 0.247 e. The van der Waals surface area contributed by atoms with Crippen LogP contribution in [0.4, 0.5) is 0 Å². The van der Waals surface area contributed by atoms with Crippen LogP contribution in [0.5, 0.6) is 23.0 Å². The Morgan fingerprint density at radius 1 is 0.667 bits per heavy atom. The fourth-order valence-corrected chi connectivity index (χ4v) is 4.66. The number of nitrogens with zero attached hydrogens (tertiary/aromatic N) is 1. The Hall–Kier alpha value is -4.98. The first-order valence-electron chi connectivity index (χ1n) is 13.5. The Morgan fingerprint density at radius 2 is 1.24 bits per heavy atom. The average molecular weight is 569 g/mol. The summed E-state index contributed by atoms with van der Waals surface area (Å²) in [5, 5.41) is 3.04. The van der Waals surface area contributed by atoms with E-state index in [1.54, 1.807) is 45.5 Å². The predicted molar refractivity (Wildman–Crippen MR) is 161 cm³/mol. The Labute approximate surface area is 246 Å². The van der Waals surface area contributed by atoms with E-state index in [9.17, 15) is 9.59 Å². The highest BCUT2D eigenvalue weighted by molar-refractivity contribution is 5.89. The highest BCUT2D eigenvalue weighted by atomic mass is 16.5. The maximum absolute atomic E-state index is 14.1. The zero-order valence-electron chi connectivity index (χ0n) is 24.3. The van der Waals surface area contributed by atoms with E-state index in [0.717, 1.165) is 22.4 Å². The van der Waals surface area contributed by atoms with Crippen LogP contribution in [0.15, 0.2) is 97.1 Å². The SMILES string of the molecule is COc1ccc(CNC(=O)C(c2ccccc2)N(Cc2ccc(OC)cc2)C(=O)Cc2ccc(OC)c(OC)c2)cc1. The third kappa shape index (κ3) is 7.60. The van der Waals surface area contributed by atoms with Crippen LogP contribution in [0.2, 0.25) is 0 Å². The average Bonchev–Trinajstić information content (AvgIpc) is 3.04. The predicted octanol–water partition coefficient (Wildman–Crippen LogP) is 5.35. The van der Waals surface area contributed by atoms with Gasteiger partial charge in [-0.1, -0.05) is 60.7 Å². The number of carbonyl (C=O) groups is 2. The molecule has 0 heterocycles. The molecule has 1 N–H and O–H groups in total. The van der Waals surface area contributed by atoms with Gasteiger partial charge in [-0.05, 0) is 58.7 Å². The van der Waals surface area contributed by atoms with Crippen molar-refractivity contribution in [2.75, 3.05) is 28.4 Å². The summed E-state index contributed by atoms with van der Waals surface area (Å²) in [6.45, 7) is 0.512. The van der Waals surface area contributed by atoms with Crippen molar-refractivity contribution in [3.63, 3.8) is 0 Å². The molecule has 0 saturated carbocycles. The van der Waals surface area contributed by atoms with Gasteiger partial charge in [0.15, 0.2) is 11.5 Å². The van der Waals surface area contributed by atoms with E-state index < -0.39 is 6.04 Å². The lowest BCUT2D eigenvalue weighted by Crippen LogP contribution is -2.43. The van der Waals surface area contributed by atoms with Crippen molar-refractivity contribution in [3.05, 3.63) is 119 Å². The third-order valence-electron chi connectivity index (χ3n) is 6.94. The molecular weight excluding hydrogens is 532 g/mol. The van der Waals surface area contributed by atoms with E-state index in [1.807, 2.05) is 84.9 Å². The second-order valence-corrected chi connectivity index (χ2v) is 9.61. The normalized spacial score (nSPS) is 11.2. The molecule has 0 aliphatic rings. The van der Waals surface area contributed by atoms with Crippen LogP contribution in [0.1, 0.15) is 28.3 Å². The molecule has 0 bridgehead atoms. The summed E-state index contributed by atoms with van der Waals surface area (Å²) in [5.74, 6) is 2.04. The molecule has 218 valence electrons. The van der Waals surface area contributed by atoms with E-state index in [2.05, 4.69) is 5.32 Å². The molecule has 0 radical (unpaired) electrons. The minimum atomic E-state index is -0.876. The molecule has 0 aliphatic heterocycles. The van der Waals surface area contributed by atoms with Gasteiger partial charge >= 0.3 is 0 Å². The van der Waals surface area contributed by atoms with Crippen LogP contribution >= 0.6 is 0 Å². The van der Waals surface area contributed by atoms with E-state index in [0.29, 0.717) is 29.4 Å². The molecule has 42 heavy (non-hydrogen) atoms. The van der Waals surface area contributed by atoms with Gasteiger partial charge in [0.25, 0.3) is 0 Å². The molecule has 4 aromatic carbocycles. The van der Waals surface area contributed by atoms with Crippen molar-refractivity contribution < 1.29 is 28.5 Å². The van der Waals surface area contributed by atoms with Crippen LogP contribution in [0.25, 0.3) is 0 Å². The van der Waals surface area contributed by atoms with Crippen LogP contribution in [-0.2, 0) is 29.1 Å². The highest BCUT2D eigenvalue weighted by Crippen LogP contribution is 2.30. The van der Waals surface area contributed by atoms with Crippen molar-refractivity contribution in [1.29, 1.82) is 0 Å². The maximum atomic E-state index is 14.1. The zero-order chi connectivity index (χ0) is 29.9. The lowest BCUT2D eigenvalue weighted by Gasteiger charge is -2.32. The first kappa shape index (κ1) is 30.0. The number of ether oxygens (including phenoxy) is 4. The molecule has 8 nitrogen and oxygen atoms in total. The van der Waals surface area contributed by atoms with Gasteiger partial charge in [-0.25, -0.2) is 0 Å². The lowest BCUT2D eigenvalue weighted by molar-refractivity contribution is -0.141. The molecule has 1 unspecified atom stereocenters. The summed E-state index contributed by atoms with van der Waals surface area (Å²) in [5.41, 5.74) is 3.22. The van der Waals surface area contributed by atoms with Crippen molar-refractivity contribution in [2.45, 2.75) is 25.6 Å². The van der Waals surface area contributed by atoms with Crippen LogP contribution in [0.3, 0.4) is 0 Å². The molecule has 4 rings (SSSR count). The van der Waals surface area contributed by atoms with Gasteiger partial charge < -0.3 is 29.2 Å². The van der Waals surface area contributed by atoms with E-state index in [1.165, 1.54) is 0 Å². The van der Waals surface area contributed by atoms with Gasteiger partial charge in [-0.3, -0.25) is 9.59 Å².